The molecule has 0 fully saturated rings. The summed E-state index contributed by atoms with van der Waals surface area (Å²) in [6, 6.07) is 26.2. The Morgan fingerprint density at radius 3 is 1.21 bits per heavy atom. The third-order valence-corrected chi connectivity index (χ3v) is 8.24. The minimum absolute atomic E-state index is 0.176. The van der Waals surface area contributed by atoms with Crippen LogP contribution in [-0.4, -0.2) is 85.2 Å². The molecule has 1 unspecified atom stereocenters. The van der Waals surface area contributed by atoms with Crippen molar-refractivity contribution in [2.45, 2.75) is 126 Å². The molecule has 2 N–H and O–H groups in total. The number of nitrogens with zero attached hydrogens (tertiary/aromatic N) is 4. The standard InChI is InChI=1S/C15H26O4.C8H12N4.C8H12O2.C7H8.C6H6.C5H8O2.C4H6O2.C4H8O/c1-7-9-10-19-12(16)14(3,4)11-15(5,8-2)13(17)18-6;1-7(2,5-9)11-12-8(3,4)6-10;1-4-5-6-10-8(9)7(2)3;1-7-5-3-2-4-6-7;1-2-4-6-5-3-1;1-4(2)5(6)7-3;1-3(2)4(5)6;1-2-3-4-5/h7H,1,8-11H2,2-6H3;1-4H3;4H,1-2,5-6H2,3H3;2-6H,1H3;1-6H;1H2,2-3H3;1H2,2H3,(H,5,6);2,5H,1,3-4H2. The number of rotatable bonds is 18. The number of aliphatic hydroxyl groups excluding tert-OH is 1. The molecule has 15 nitrogen and oxygen atoms in total. The average Bonchev–Trinajstić information content (AvgIpc) is 3.35. The third kappa shape index (κ3) is 50.6. The Kier molecular flexibility index (Phi) is 48.9. The van der Waals surface area contributed by atoms with Gasteiger partial charge in [-0.3, -0.25) is 9.59 Å². The highest BCUT2D eigenvalue weighted by atomic mass is 16.5. The lowest BCUT2D eigenvalue weighted by molar-refractivity contribution is -0.161. The molecule has 0 bridgehead atoms. The van der Waals surface area contributed by atoms with Crippen molar-refractivity contribution < 1.29 is 53.1 Å². The van der Waals surface area contributed by atoms with Crippen molar-refractivity contribution in [1.82, 2.24) is 0 Å². The van der Waals surface area contributed by atoms with E-state index in [-0.39, 0.29) is 36.1 Å². The molecule has 15 heteroatoms. The largest absolute Gasteiger partial charge is 0.478 e. The molecule has 2 aromatic rings. The van der Waals surface area contributed by atoms with Crippen LogP contribution in [0, 0.1) is 40.4 Å². The molecule has 0 heterocycles. The van der Waals surface area contributed by atoms with Gasteiger partial charge in [-0.25, -0.2) is 14.4 Å². The molecule has 1 atom stereocenters. The van der Waals surface area contributed by atoms with Crippen LogP contribution in [0.25, 0.3) is 0 Å². The second-order valence-corrected chi connectivity index (χ2v) is 17.2. The van der Waals surface area contributed by atoms with Gasteiger partial charge in [0.1, 0.15) is 0 Å². The smallest absolute Gasteiger partial charge is 0.333 e. The number of aliphatic hydroxyl groups is 1. The second-order valence-electron chi connectivity index (χ2n) is 17.2. The van der Waals surface area contributed by atoms with E-state index in [1.54, 1.807) is 73.6 Å². The predicted octanol–water partition coefficient (Wildman–Crippen LogP) is 12.5. The fourth-order valence-electron chi connectivity index (χ4n) is 3.90. The van der Waals surface area contributed by atoms with Gasteiger partial charge in [-0.1, -0.05) is 117 Å². The minimum Gasteiger partial charge on any atom is -0.478 e. The first-order valence-electron chi connectivity index (χ1n) is 22.8. The van der Waals surface area contributed by atoms with Crippen molar-refractivity contribution in [3.8, 4) is 12.1 Å². The number of ether oxygens (including phenoxy) is 4. The van der Waals surface area contributed by atoms with Crippen LogP contribution in [0.1, 0.15) is 114 Å². The Hall–Kier alpha value is -7.23. The van der Waals surface area contributed by atoms with Gasteiger partial charge in [-0.2, -0.15) is 20.8 Å². The zero-order chi connectivity index (χ0) is 57.4. The highest BCUT2D eigenvalue weighted by molar-refractivity contribution is 5.87. The van der Waals surface area contributed by atoms with E-state index in [2.05, 4.69) is 73.5 Å². The summed E-state index contributed by atoms with van der Waals surface area (Å²) >= 11 is 0. The van der Waals surface area contributed by atoms with Crippen LogP contribution in [0.5, 0.6) is 0 Å². The maximum atomic E-state index is 12.0. The molecule has 0 aliphatic rings. The van der Waals surface area contributed by atoms with Gasteiger partial charge in [0.2, 0.25) is 0 Å². The van der Waals surface area contributed by atoms with Crippen molar-refractivity contribution in [3.63, 3.8) is 0 Å². The summed E-state index contributed by atoms with van der Waals surface area (Å²) in [7, 11) is 2.70. The molecule has 0 saturated heterocycles. The van der Waals surface area contributed by atoms with Crippen molar-refractivity contribution in [1.29, 1.82) is 10.5 Å². The van der Waals surface area contributed by atoms with Gasteiger partial charge in [-0.05, 0) is 108 Å². The molecule has 0 spiro atoms. The number of hydrogen-bond donors (Lipinski definition) is 2. The van der Waals surface area contributed by atoms with Gasteiger partial charge in [0, 0.05) is 23.3 Å². The summed E-state index contributed by atoms with van der Waals surface area (Å²) < 4.78 is 19.0. The number of carbonyl (C=O) groups is 5. The molecule has 2 aromatic carbocycles. The average molecular weight is 1000 g/mol. The van der Waals surface area contributed by atoms with E-state index in [0.29, 0.717) is 56.5 Å². The Morgan fingerprint density at radius 2 is 0.986 bits per heavy atom. The van der Waals surface area contributed by atoms with E-state index < -0.39 is 27.9 Å². The van der Waals surface area contributed by atoms with E-state index in [1.165, 1.54) is 26.7 Å². The van der Waals surface area contributed by atoms with E-state index >= 15 is 0 Å². The number of benzene rings is 2. The highest BCUT2D eigenvalue weighted by Gasteiger charge is 2.42. The molecule has 72 heavy (non-hydrogen) atoms. The van der Waals surface area contributed by atoms with Gasteiger partial charge in [0.25, 0.3) is 0 Å². The van der Waals surface area contributed by atoms with Crippen LogP contribution in [0.4, 0.5) is 0 Å². The lowest BCUT2D eigenvalue weighted by Gasteiger charge is -2.33. The molecule has 0 amide bonds. The van der Waals surface area contributed by atoms with Crippen LogP contribution >= 0.6 is 0 Å². The topological polar surface area (TPSA) is 235 Å². The molecule has 400 valence electrons. The summed E-state index contributed by atoms with van der Waals surface area (Å²) in [5, 5.41) is 40.6. The molecular weight excluding hydrogens is 917 g/mol. The fourth-order valence-corrected chi connectivity index (χ4v) is 3.90. The first kappa shape index (κ1) is 76.3. The number of carbonyl (C=O) groups excluding carboxylic acids is 4. The lowest BCUT2D eigenvalue weighted by Crippen LogP contribution is -2.38. The first-order chi connectivity index (χ1) is 33.4. The Balaban J connectivity index is -0.000000181. The van der Waals surface area contributed by atoms with Crippen molar-refractivity contribution in [2.75, 3.05) is 34.0 Å². The van der Waals surface area contributed by atoms with E-state index in [1.807, 2.05) is 80.6 Å². The predicted molar refractivity (Wildman–Crippen MR) is 288 cm³/mol. The van der Waals surface area contributed by atoms with E-state index in [4.69, 9.17) is 34.9 Å². The second kappa shape index (κ2) is 46.2. The number of aliphatic carboxylic acids is 1. The van der Waals surface area contributed by atoms with Gasteiger partial charge >= 0.3 is 29.8 Å². The van der Waals surface area contributed by atoms with E-state index in [9.17, 15) is 24.0 Å². The maximum Gasteiger partial charge on any atom is 0.333 e. The number of aryl methyl sites for hydroxylation is 1. The van der Waals surface area contributed by atoms with Crippen LogP contribution in [0.3, 0.4) is 0 Å². The van der Waals surface area contributed by atoms with Crippen LogP contribution < -0.4 is 0 Å². The number of azo groups is 1. The summed E-state index contributed by atoms with van der Waals surface area (Å²) in [5.41, 5.74) is -0.706. The maximum absolute atomic E-state index is 12.0. The van der Waals surface area contributed by atoms with Crippen LogP contribution in [-0.2, 0) is 42.9 Å². The normalized spacial score (nSPS) is 10.5. The third-order valence-electron chi connectivity index (χ3n) is 8.24. The van der Waals surface area contributed by atoms with Gasteiger partial charge < -0.3 is 29.2 Å². The minimum atomic E-state index is -0.935. The number of carboxylic acids is 1. The quantitative estimate of drug-likeness (QED) is 0.0353. The lowest BCUT2D eigenvalue weighted by atomic mass is 9.72. The van der Waals surface area contributed by atoms with Gasteiger partial charge in [0.15, 0.2) is 11.1 Å². The van der Waals surface area contributed by atoms with Gasteiger partial charge in [0.05, 0.1) is 50.4 Å². The Labute approximate surface area is 432 Å². The number of hydrogen-bond acceptors (Lipinski definition) is 14. The number of methoxy groups -OCH3 is 2. The van der Waals surface area contributed by atoms with E-state index in [0.717, 1.165) is 0 Å². The molecule has 2 rings (SSSR count). The Morgan fingerprint density at radius 1 is 0.625 bits per heavy atom. The summed E-state index contributed by atoms with van der Waals surface area (Å²) in [5.74, 6) is -2.20. The number of nitriles is 2. The highest BCUT2D eigenvalue weighted by Crippen LogP contribution is 2.38. The van der Waals surface area contributed by atoms with Crippen LogP contribution in [0.15, 0.2) is 151 Å². The summed E-state index contributed by atoms with van der Waals surface area (Å²) in [6.07, 6.45) is 8.12. The number of carboxylic acid groups (broad SMARTS) is 1. The molecule has 0 aliphatic carbocycles. The molecule has 0 saturated carbocycles. The van der Waals surface area contributed by atoms with Crippen molar-refractivity contribution in [3.05, 3.63) is 147 Å². The molecule has 0 aliphatic heterocycles. The Bertz CT molecular complexity index is 1940. The molecular formula is C57H86N4O11. The first-order valence-corrected chi connectivity index (χ1v) is 22.8. The fraction of sp³-hybridized carbons (Fsp3) is 0.456. The monoisotopic (exact) mass is 1000 g/mol. The zero-order valence-corrected chi connectivity index (χ0v) is 45.8. The summed E-state index contributed by atoms with van der Waals surface area (Å²) in [6.45, 7) is 42.0. The zero-order valence-electron chi connectivity index (χ0n) is 45.8. The molecule has 0 aromatic heterocycles. The summed E-state index contributed by atoms with van der Waals surface area (Å²) in [4.78, 5) is 54.3. The van der Waals surface area contributed by atoms with Gasteiger partial charge in [-0.15, -0.1) is 19.7 Å². The van der Waals surface area contributed by atoms with Crippen molar-refractivity contribution in [2.24, 2.45) is 21.1 Å². The molecule has 0 radical (unpaired) electrons. The SMILES string of the molecule is C=C(C)C(=O)O.C=C(C)C(=O)OC.C=CCCO.C=CCCOC(=O)C(=C)C.C=CCCOC(=O)C(C)(C)CC(C)(CC)C(=O)OC.CC(C)(C#N)N=NC(C)(C)C#N.Cc1ccccc1.c1ccccc1. The number of esters is 4. The van der Waals surface area contributed by atoms with Crippen LogP contribution in [0.2, 0.25) is 0 Å². The van der Waals surface area contributed by atoms with Crippen molar-refractivity contribution >= 4 is 29.8 Å².